The normalized spacial score (nSPS) is 11.9. The van der Waals surface area contributed by atoms with Gasteiger partial charge in [-0.15, -0.1) is 11.8 Å². The number of amides is 1. The number of carbonyl (C=O) groups is 1. The van der Waals surface area contributed by atoms with E-state index in [1.165, 1.54) is 11.8 Å². The summed E-state index contributed by atoms with van der Waals surface area (Å²) in [5.41, 5.74) is 8.38. The van der Waals surface area contributed by atoms with Crippen molar-refractivity contribution in [2.75, 3.05) is 11.1 Å². The van der Waals surface area contributed by atoms with Gasteiger partial charge in [0, 0.05) is 21.7 Å². The highest BCUT2D eigenvalue weighted by Crippen LogP contribution is 2.37. The summed E-state index contributed by atoms with van der Waals surface area (Å²) < 4.78 is 0. The zero-order valence-corrected chi connectivity index (χ0v) is 16.0. The molecule has 1 amide bonds. The van der Waals surface area contributed by atoms with E-state index >= 15 is 0 Å². The van der Waals surface area contributed by atoms with Gasteiger partial charge in [-0.2, -0.15) is 0 Å². The van der Waals surface area contributed by atoms with Crippen molar-refractivity contribution < 1.29 is 4.79 Å². The van der Waals surface area contributed by atoms with Gasteiger partial charge < -0.3 is 11.1 Å². The number of nitrogens with two attached hydrogens (primary N) is 1. The molecule has 0 bridgehead atoms. The van der Waals surface area contributed by atoms with E-state index in [2.05, 4.69) is 5.32 Å². The van der Waals surface area contributed by atoms with Gasteiger partial charge in [0.1, 0.15) is 5.25 Å². The third-order valence-electron chi connectivity index (χ3n) is 4.50. The van der Waals surface area contributed by atoms with Crippen LogP contribution in [0, 0.1) is 0 Å². The molecule has 0 heterocycles. The van der Waals surface area contributed by atoms with Gasteiger partial charge in [-0.25, -0.2) is 0 Å². The molecule has 0 aliphatic heterocycles. The van der Waals surface area contributed by atoms with Crippen molar-refractivity contribution in [3.63, 3.8) is 0 Å². The molecular formula is C24H20N2OS. The molecule has 1 atom stereocenters. The van der Waals surface area contributed by atoms with E-state index in [4.69, 9.17) is 5.73 Å². The Labute approximate surface area is 168 Å². The SMILES string of the molecule is Nc1cccc(SC(C(=O)Nc2cccc3ccccc23)c2ccccc2)c1. The Morgan fingerprint density at radius 1 is 0.821 bits per heavy atom. The molecule has 4 rings (SSSR count). The Bertz CT molecular complexity index is 1110. The average Bonchev–Trinajstić information content (AvgIpc) is 2.73. The number of rotatable bonds is 5. The summed E-state index contributed by atoms with van der Waals surface area (Å²) >= 11 is 1.50. The summed E-state index contributed by atoms with van der Waals surface area (Å²) in [5.74, 6) is -0.0602. The van der Waals surface area contributed by atoms with E-state index in [1.54, 1.807) is 0 Å². The van der Waals surface area contributed by atoms with E-state index in [0.29, 0.717) is 5.69 Å². The molecule has 0 aromatic heterocycles. The Morgan fingerprint density at radius 2 is 1.54 bits per heavy atom. The molecular weight excluding hydrogens is 364 g/mol. The lowest BCUT2D eigenvalue weighted by Crippen LogP contribution is -2.19. The molecule has 0 spiro atoms. The number of thioether (sulfide) groups is 1. The van der Waals surface area contributed by atoms with Crippen molar-refractivity contribution in [2.45, 2.75) is 10.1 Å². The number of fused-ring (bicyclic) bond motifs is 1. The molecule has 28 heavy (non-hydrogen) atoms. The third kappa shape index (κ3) is 4.02. The maximum atomic E-state index is 13.3. The van der Waals surface area contributed by atoms with Crippen molar-refractivity contribution in [3.8, 4) is 0 Å². The van der Waals surface area contributed by atoms with Crippen molar-refractivity contribution in [2.24, 2.45) is 0 Å². The molecule has 4 heteroatoms. The van der Waals surface area contributed by atoms with E-state index in [1.807, 2.05) is 97.1 Å². The maximum absolute atomic E-state index is 13.3. The van der Waals surface area contributed by atoms with Gasteiger partial charge in [0.25, 0.3) is 0 Å². The first-order valence-corrected chi connectivity index (χ1v) is 9.94. The molecule has 1 unspecified atom stereocenters. The molecule has 0 saturated heterocycles. The standard InChI is InChI=1S/C24H20N2OS/c25-19-12-7-13-20(16-19)28-23(18-9-2-1-3-10-18)24(27)26-22-15-6-11-17-8-4-5-14-21(17)22/h1-16,23H,25H2,(H,26,27). The molecule has 0 aliphatic rings. The van der Waals surface area contributed by atoms with Crippen LogP contribution in [0.5, 0.6) is 0 Å². The summed E-state index contributed by atoms with van der Waals surface area (Å²) in [6.07, 6.45) is 0. The maximum Gasteiger partial charge on any atom is 0.242 e. The number of hydrogen-bond acceptors (Lipinski definition) is 3. The van der Waals surface area contributed by atoms with Crippen LogP contribution in [0.25, 0.3) is 10.8 Å². The first-order valence-electron chi connectivity index (χ1n) is 9.06. The third-order valence-corrected chi connectivity index (χ3v) is 5.75. The summed E-state index contributed by atoms with van der Waals surface area (Å²) in [4.78, 5) is 14.2. The number of nitrogens with one attached hydrogen (secondary N) is 1. The van der Waals surface area contributed by atoms with Crippen LogP contribution in [-0.2, 0) is 4.79 Å². The van der Waals surface area contributed by atoms with Crippen molar-refractivity contribution in [1.82, 2.24) is 0 Å². The summed E-state index contributed by atoms with van der Waals surface area (Å²) in [5, 5.41) is 4.86. The topological polar surface area (TPSA) is 55.1 Å². The van der Waals surface area contributed by atoms with Gasteiger partial charge in [-0.1, -0.05) is 72.8 Å². The molecule has 0 saturated carbocycles. The zero-order valence-electron chi connectivity index (χ0n) is 15.2. The average molecular weight is 385 g/mol. The van der Waals surface area contributed by atoms with Gasteiger partial charge in [-0.3, -0.25) is 4.79 Å². The van der Waals surface area contributed by atoms with Crippen LogP contribution in [0.1, 0.15) is 10.8 Å². The van der Waals surface area contributed by atoms with Gasteiger partial charge >= 0.3 is 0 Å². The lowest BCUT2D eigenvalue weighted by Gasteiger charge is -2.18. The van der Waals surface area contributed by atoms with Crippen LogP contribution >= 0.6 is 11.8 Å². The van der Waals surface area contributed by atoms with Gasteiger partial charge in [-0.05, 0) is 35.2 Å². The Morgan fingerprint density at radius 3 is 2.36 bits per heavy atom. The van der Waals surface area contributed by atoms with Gasteiger partial charge in [0.15, 0.2) is 0 Å². The predicted octanol–water partition coefficient (Wildman–Crippen LogP) is 5.89. The number of anilines is 2. The second kappa shape index (κ2) is 8.19. The molecule has 4 aromatic carbocycles. The van der Waals surface area contributed by atoms with Crippen molar-refractivity contribution >= 4 is 39.8 Å². The molecule has 0 fully saturated rings. The lowest BCUT2D eigenvalue weighted by atomic mass is 10.1. The molecule has 4 aromatic rings. The van der Waals surface area contributed by atoms with Crippen LogP contribution in [0.15, 0.2) is 102 Å². The van der Waals surface area contributed by atoms with Crippen LogP contribution in [0.3, 0.4) is 0 Å². The second-order valence-electron chi connectivity index (χ2n) is 6.50. The zero-order chi connectivity index (χ0) is 19.3. The molecule has 0 aliphatic carbocycles. The van der Waals surface area contributed by atoms with Crippen LogP contribution < -0.4 is 11.1 Å². The van der Waals surface area contributed by atoms with E-state index in [9.17, 15) is 4.79 Å². The minimum absolute atomic E-state index is 0.0602. The number of carbonyl (C=O) groups excluding carboxylic acids is 1. The minimum Gasteiger partial charge on any atom is -0.399 e. The second-order valence-corrected chi connectivity index (χ2v) is 7.68. The van der Waals surface area contributed by atoms with Gasteiger partial charge in [0.05, 0.1) is 0 Å². The summed E-state index contributed by atoms with van der Waals surface area (Å²) in [7, 11) is 0. The first-order chi connectivity index (χ1) is 13.7. The smallest absolute Gasteiger partial charge is 0.242 e. The highest BCUT2D eigenvalue weighted by Gasteiger charge is 2.22. The first kappa shape index (κ1) is 18.1. The molecule has 3 N–H and O–H groups in total. The minimum atomic E-state index is -0.387. The predicted molar refractivity (Wildman–Crippen MR) is 118 cm³/mol. The highest BCUT2D eigenvalue weighted by molar-refractivity contribution is 8.00. The fourth-order valence-electron chi connectivity index (χ4n) is 3.16. The Kier molecular flexibility index (Phi) is 5.31. The number of benzene rings is 4. The van der Waals surface area contributed by atoms with E-state index < -0.39 is 0 Å². The van der Waals surface area contributed by atoms with Crippen molar-refractivity contribution in [1.29, 1.82) is 0 Å². The summed E-state index contributed by atoms with van der Waals surface area (Å²) in [6.45, 7) is 0. The molecule has 138 valence electrons. The molecule has 3 nitrogen and oxygen atoms in total. The quantitative estimate of drug-likeness (QED) is 0.333. The Hall–Kier alpha value is -3.24. The van der Waals surface area contributed by atoms with Crippen LogP contribution in [-0.4, -0.2) is 5.91 Å². The molecule has 0 radical (unpaired) electrons. The fraction of sp³-hybridized carbons (Fsp3) is 0.0417. The number of nitrogen functional groups attached to an aromatic ring is 1. The highest BCUT2D eigenvalue weighted by atomic mass is 32.2. The van der Waals surface area contributed by atoms with E-state index in [0.717, 1.165) is 26.9 Å². The monoisotopic (exact) mass is 384 g/mol. The summed E-state index contributed by atoms with van der Waals surface area (Å²) in [6, 6.07) is 31.4. The fourth-order valence-corrected chi connectivity index (χ4v) is 4.25. The van der Waals surface area contributed by atoms with E-state index in [-0.39, 0.29) is 11.2 Å². The Balaban J connectivity index is 1.66. The van der Waals surface area contributed by atoms with Crippen LogP contribution in [0.2, 0.25) is 0 Å². The van der Waals surface area contributed by atoms with Gasteiger partial charge in [0.2, 0.25) is 5.91 Å². The van der Waals surface area contributed by atoms with Crippen LogP contribution in [0.4, 0.5) is 11.4 Å². The van der Waals surface area contributed by atoms with Crippen molar-refractivity contribution in [3.05, 3.63) is 103 Å². The lowest BCUT2D eigenvalue weighted by molar-refractivity contribution is -0.115. The number of hydrogen-bond donors (Lipinski definition) is 2. The largest absolute Gasteiger partial charge is 0.399 e.